The molecule has 2 aromatic heterocycles. The molecular weight excluding hydrogens is 506 g/mol. The van der Waals surface area contributed by atoms with Crippen molar-refractivity contribution in [1.82, 2.24) is 19.6 Å². The third-order valence-corrected chi connectivity index (χ3v) is 8.22. The zero-order valence-electron chi connectivity index (χ0n) is 19.3. The molecule has 12 nitrogen and oxygen atoms in total. The number of aryl methyl sites for hydroxylation is 1. The van der Waals surface area contributed by atoms with Gasteiger partial charge in [0.25, 0.3) is 11.8 Å². The Morgan fingerprint density at radius 2 is 2.19 bits per heavy atom. The fourth-order valence-electron chi connectivity index (χ4n) is 4.75. The van der Waals surface area contributed by atoms with E-state index in [0.29, 0.717) is 17.9 Å². The van der Waals surface area contributed by atoms with E-state index in [1.165, 1.54) is 35.0 Å². The van der Waals surface area contributed by atoms with Gasteiger partial charge in [0.15, 0.2) is 23.6 Å². The number of carboxylic acid groups (broad SMARTS) is 1. The topological polar surface area (TPSA) is 164 Å². The summed E-state index contributed by atoms with van der Waals surface area (Å²) in [4.78, 5) is 48.2. The molecule has 2 aliphatic heterocycles. The molecule has 1 aliphatic carbocycles. The van der Waals surface area contributed by atoms with Crippen molar-refractivity contribution in [3.8, 4) is 0 Å². The van der Waals surface area contributed by atoms with Gasteiger partial charge in [-0.05, 0) is 25.3 Å². The Morgan fingerprint density at radius 3 is 2.92 bits per heavy atom. The second-order valence-electron chi connectivity index (χ2n) is 8.51. The van der Waals surface area contributed by atoms with E-state index in [0.717, 1.165) is 37.2 Å². The highest BCUT2D eigenvalue weighted by Gasteiger charge is 2.55. The molecule has 3 aliphatic rings. The van der Waals surface area contributed by atoms with Crippen LogP contribution in [-0.2, 0) is 38.6 Å². The number of fused-ring (bicyclic) bond motifs is 2. The number of hydrogen-bond acceptors (Lipinski definition) is 10. The van der Waals surface area contributed by atoms with Crippen LogP contribution in [0.15, 0.2) is 34.8 Å². The number of nitrogens with zero attached hydrogens (tertiary/aromatic N) is 5. The number of pyridine rings is 1. The number of thioether (sulfide) groups is 1. The van der Waals surface area contributed by atoms with E-state index in [4.69, 9.17) is 10.6 Å². The number of aromatic nitrogens is 3. The van der Waals surface area contributed by atoms with Gasteiger partial charge in [-0.1, -0.05) is 5.16 Å². The number of carbonyl (C=O) groups excluding carboxylic acids is 2. The van der Waals surface area contributed by atoms with Gasteiger partial charge in [0, 0.05) is 40.9 Å². The summed E-state index contributed by atoms with van der Waals surface area (Å²) in [6.45, 7) is 0.396. The zero-order valence-corrected chi connectivity index (χ0v) is 21.0. The summed E-state index contributed by atoms with van der Waals surface area (Å²) >= 11 is 2.31. The normalized spacial score (nSPS) is 21.4. The first kappa shape index (κ1) is 24.2. The van der Waals surface area contributed by atoms with Crippen LogP contribution < -0.4 is 15.6 Å². The zero-order chi connectivity index (χ0) is 25.4. The van der Waals surface area contributed by atoms with Crippen LogP contribution in [0.25, 0.3) is 0 Å². The van der Waals surface area contributed by atoms with Crippen LogP contribution in [0, 0.1) is 0 Å². The average molecular weight is 531 g/mol. The van der Waals surface area contributed by atoms with E-state index in [2.05, 4.69) is 30.5 Å². The monoisotopic (exact) mass is 530 g/mol. The number of amides is 2. The lowest BCUT2D eigenvalue weighted by atomic mass is 9.95. The Bertz CT molecular complexity index is 1310. The van der Waals surface area contributed by atoms with Gasteiger partial charge in [-0.25, -0.2) is 4.79 Å². The van der Waals surface area contributed by atoms with Crippen molar-refractivity contribution in [3.05, 3.63) is 46.7 Å². The summed E-state index contributed by atoms with van der Waals surface area (Å²) in [6.07, 6.45) is 6.17. The van der Waals surface area contributed by atoms with Gasteiger partial charge in [-0.3, -0.25) is 14.5 Å². The number of β-lactam (4-membered cyclic amide) rings is 1. The smallest absolute Gasteiger partial charge is 0.352 e. The molecule has 1 saturated heterocycles. The largest absolute Gasteiger partial charge is 0.477 e. The molecule has 2 amide bonds. The quantitative estimate of drug-likeness (QED) is 0.195. The molecule has 0 bridgehead atoms. The van der Waals surface area contributed by atoms with E-state index in [1.807, 2.05) is 12.3 Å². The Morgan fingerprint density at radius 1 is 1.39 bits per heavy atom. The van der Waals surface area contributed by atoms with Crippen LogP contribution in [0.2, 0.25) is 0 Å². The average Bonchev–Trinajstić information content (AvgIpc) is 3.31. The second kappa shape index (κ2) is 9.85. The minimum Gasteiger partial charge on any atom is -0.477 e. The highest BCUT2D eigenvalue weighted by molar-refractivity contribution is 8.00. The molecule has 5 rings (SSSR count). The third kappa shape index (κ3) is 4.30. The molecule has 0 radical (unpaired) electrons. The van der Waals surface area contributed by atoms with E-state index in [-0.39, 0.29) is 22.4 Å². The summed E-state index contributed by atoms with van der Waals surface area (Å²) in [5, 5.41) is 15.9. The van der Waals surface area contributed by atoms with Gasteiger partial charge < -0.3 is 21.0 Å². The number of rotatable bonds is 7. The van der Waals surface area contributed by atoms with Crippen molar-refractivity contribution in [2.75, 3.05) is 18.6 Å². The maximum atomic E-state index is 13.1. The standard InChI is InChI=1S/C22H23N7O5S2/c1-34-26-14(17-25-22(23)36-27-17)18(30)24-15-19(31)29-16(21(32)33)12(10-35-20(15)29)9-28-8-4-6-11-5-2-3-7-13(11)28/h4,6,8,15,20H,2-3,5,7,9-10H2,1H3,(H3-,23,24,25,27,30,32,33)/p+1/b26-14-/t15-,20-/m1/s1. The van der Waals surface area contributed by atoms with Crippen molar-refractivity contribution in [1.29, 1.82) is 0 Å². The molecular formula is C22H24N7O5S2+. The Labute approximate surface area is 214 Å². The number of aliphatic carboxylic acids is 1. The summed E-state index contributed by atoms with van der Waals surface area (Å²) in [5.41, 5.74) is 8.52. The van der Waals surface area contributed by atoms with Crippen LogP contribution in [0.4, 0.5) is 5.13 Å². The fraction of sp³-hybridized carbons (Fsp3) is 0.409. The number of nitrogen functional groups attached to an aromatic ring is 1. The SMILES string of the molecule is CO/N=C(\C(=O)N[C@@H]1C(=O)N2C(C(=O)O)=C(C[n+]3cccc4c3CCCC4)CS[C@H]12)c1nsc(N)n1. The Balaban J connectivity index is 1.36. The van der Waals surface area contributed by atoms with Gasteiger partial charge in [0.2, 0.25) is 11.5 Å². The summed E-state index contributed by atoms with van der Waals surface area (Å²) in [7, 11) is 1.27. The number of anilines is 1. The van der Waals surface area contributed by atoms with E-state index < -0.39 is 29.2 Å². The van der Waals surface area contributed by atoms with E-state index >= 15 is 0 Å². The number of nitrogens with one attached hydrogen (secondary N) is 1. The highest BCUT2D eigenvalue weighted by Crippen LogP contribution is 2.40. The maximum Gasteiger partial charge on any atom is 0.352 e. The molecule has 188 valence electrons. The lowest BCUT2D eigenvalue weighted by molar-refractivity contribution is -0.697. The molecule has 4 N–H and O–H groups in total. The van der Waals surface area contributed by atoms with Crippen LogP contribution in [0.5, 0.6) is 0 Å². The van der Waals surface area contributed by atoms with Gasteiger partial charge in [0.1, 0.15) is 24.2 Å². The first-order valence-electron chi connectivity index (χ1n) is 11.3. The van der Waals surface area contributed by atoms with Gasteiger partial charge >= 0.3 is 5.97 Å². The molecule has 36 heavy (non-hydrogen) atoms. The first-order valence-corrected chi connectivity index (χ1v) is 13.1. The second-order valence-corrected chi connectivity index (χ2v) is 10.4. The summed E-state index contributed by atoms with van der Waals surface area (Å²) < 4.78 is 6.06. The van der Waals surface area contributed by atoms with Crippen molar-refractivity contribution >= 4 is 51.9 Å². The Kier molecular flexibility index (Phi) is 6.62. The first-order chi connectivity index (χ1) is 17.4. The number of hydrogen-bond donors (Lipinski definition) is 3. The van der Waals surface area contributed by atoms with Crippen molar-refractivity contribution in [2.45, 2.75) is 43.6 Å². The molecule has 0 unspecified atom stereocenters. The third-order valence-electron chi connectivity index (χ3n) is 6.34. The van der Waals surface area contributed by atoms with E-state index in [1.54, 1.807) is 0 Å². The molecule has 2 aromatic rings. The number of nitrogens with two attached hydrogens (primary N) is 1. The number of carbonyl (C=O) groups is 3. The maximum absolute atomic E-state index is 13.1. The number of oxime groups is 1. The van der Waals surface area contributed by atoms with Crippen LogP contribution in [0.3, 0.4) is 0 Å². The predicted octanol–water partition coefficient (Wildman–Crippen LogP) is 0.0759. The summed E-state index contributed by atoms with van der Waals surface area (Å²) in [5.74, 6) is -1.98. The van der Waals surface area contributed by atoms with Gasteiger partial charge in [0.05, 0.1) is 0 Å². The minimum absolute atomic E-state index is 0.0186. The summed E-state index contributed by atoms with van der Waals surface area (Å²) in [6, 6.07) is 3.17. The lowest BCUT2D eigenvalue weighted by Gasteiger charge is -2.49. The van der Waals surface area contributed by atoms with Crippen molar-refractivity contribution < 1.29 is 28.9 Å². The molecule has 2 atom stereocenters. The lowest BCUT2D eigenvalue weighted by Crippen LogP contribution is -2.71. The highest BCUT2D eigenvalue weighted by atomic mass is 32.2. The molecule has 14 heteroatoms. The fourth-order valence-corrected chi connectivity index (χ4v) is 6.52. The predicted molar refractivity (Wildman–Crippen MR) is 131 cm³/mol. The molecule has 0 spiro atoms. The van der Waals surface area contributed by atoms with Crippen molar-refractivity contribution in [3.63, 3.8) is 0 Å². The van der Waals surface area contributed by atoms with E-state index in [9.17, 15) is 19.5 Å². The van der Waals surface area contributed by atoms with Crippen LogP contribution in [-0.4, -0.2) is 67.1 Å². The molecule has 1 fully saturated rings. The van der Waals surface area contributed by atoms with Gasteiger partial charge in [-0.15, -0.1) is 11.8 Å². The van der Waals surface area contributed by atoms with Gasteiger partial charge in [-0.2, -0.15) is 13.9 Å². The van der Waals surface area contributed by atoms with Crippen LogP contribution >= 0.6 is 23.3 Å². The minimum atomic E-state index is -1.16. The molecule has 4 heterocycles. The van der Waals surface area contributed by atoms with Crippen molar-refractivity contribution in [2.24, 2.45) is 5.16 Å². The number of carboxylic acids is 1. The Hall–Kier alpha value is -3.52. The van der Waals surface area contributed by atoms with Crippen LogP contribution in [0.1, 0.15) is 29.9 Å². The molecule has 0 aromatic carbocycles. The molecule has 0 saturated carbocycles.